The zero-order valence-electron chi connectivity index (χ0n) is 13.5. The van der Waals surface area contributed by atoms with Gasteiger partial charge in [-0.1, -0.05) is 6.92 Å². The van der Waals surface area contributed by atoms with E-state index in [0.717, 1.165) is 45.5 Å². The Labute approximate surface area is 138 Å². The maximum Gasteiger partial charge on any atom is 0.223 e. The molecule has 0 amide bonds. The van der Waals surface area contributed by atoms with Crippen LogP contribution in [-0.4, -0.2) is 37.2 Å². The van der Waals surface area contributed by atoms with E-state index in [1.165, 1.54) is 0 Å². The molecule has 0 saturated carbocycles. The molecule has 0 aliphatic carbocycles. The molecule has 7 nitrogen and oxygen atoms in total. The summed E-state index contributed by atoms with van der Waals surface area (Å²) in [6, 6.07) is 4.12. The van der Waals surface area contributed by atoms with Crippen LogP contribution in [0.5, 0.6) is 0 Å². The number of nitrogens with one attached hydrogen (secondary N) is 3. The van der Waals surface area contributed by atoms with Gasteiger partial charge in [-0.05, 0) is 18.6 Å². The first-order chi connectivity index (χ1) is 11.8. The van der Waals surface area contributed by atoms with E-state index in [2.05, 4.69) is 48.4 Å². The third kappa shape index (κ3) is 2.40. The van der Waals surface area contributed by atoms with Crippen molar-refractivity contribution in [3.63, 3.8) is 0 Å². The second-order valence-corrected chi connectivity index (χ2v) is 5.48. The second kappa shape index (κ2) is 5.77. The van der Waals surface area contributed by atoms with Crippen molar-refractivity contribution in [3.05, 3.63) is 42.6 Å². The molecule has 0 spiro atoms. The van der Waals surface area contributed by atoms with Gasteiger partial charge in [0.15, 0.2) is 0 Å². The van der Waals surface area contributed by atoms with E-state index in [1.54, 1.807) is 6.20 Å². The van der Waals surface area contributed by atoms with Crippen LogP contribution in [0.2, 0.25) is 0 Å². The first-order valence-corrected chi connectivity index (χ1v) is 7.81. The summed E-state index contributed by atoms with van der Waals surface area (Å²) in [5.74, 6) is 0.623. The standard InChI is InChI=1S/C17H17N7/c1-3-12-5-15(24-17(18-2)23-12)14-9-20-16-13(14)4-10(6-19-16)11-7-21-22-8-11/h4-9H,3H2,1-2H3,(H,19,20)(H,21,22)(H,18,23,24). The molecular weight excluding hydrogens is 302 g/mol. The van der Waals surface area contributed by atoms with Gasteiger partial charge >= 0.3 is 0 Å². The first kappa shape index (κ1) is 14.4. The molecule has 0 bridgehead atoms. The Morgan fingerprint density at radius 1 is 1.08 bits per heavy atom. The third-order valence-electron chi connectivity index (χ3n) is 4.00. The van der Waals surface area contributed by atoms with Crippen molar-refractivity contribution in [2.24, 2.45) is 0 Å². The quantitative estimate of drug-likeness (QED) is 0.537. The number of hydrogen-bond acceptors (Lipinski definition) is 5. The summed E-state index contributed by atoms with van der Waals surface area (Å²) in [6.07, 6.45) is 8.27. The zero-order valence-corrected chi connectivity index (χ0v) is 13.5. The third-order valence-corrected chi connectivity index (χ3v) is 4.00. The average Bonchev–Trinajstić information content (AvgIpc) is 3.30. The summed E-state index contributed by atoms with van der Waals surface area (Å²) in [4.78, 5) is 16.8. The van der Waals surface area contributed by atoms with Crippen LogP contribution in [0, 0.1) is 0 Å². The maximum absolute atomic E-state index is 4.60. The van der Waals surface area contributed by atoms with Gasteiger partial charge in [0, 0.05) is 53.4 Å². The molecule has 24 heavy (non-hydrogen) atoms. The maximum atomic E-state index is 4.60. The molecule has 3 N–H and O–H groups in total. The molecule has 0 unspecified atom stereocenters. The van der Waals surface area contributed by atoms with E-state index in [9.17, 15) is 0 Å². The Kier molecular flexibility index (Phi) is 3.45. The minimum Gasteiger partial charge on any atom is -0.357 e. The van der Waals surface area contributed by atoms with Crippen LogP contribution in [0.4, 0.5) is 5.95 Å². The highest BCUT2D eigenvalue weighted by Crippen LogP contribution is 2.30. The SMILES string of the molecule is CCc1cc(-c2c[nH]c3ncc(-c4cn[nH]c4)cc23)nc(NC)n1. The molecule has 4 heterocycles. The number of fused-ring (bicyclic) bond motifs is 1. The highest BCUT2D eigenvalue weighted by atomic mass is 15.1. The lowest BCUT2D eigenvalue weighted by Crippen LogP contribution is -2.00. The Morgan fingerprint density at radius 3 is 2.75 bits per heavy atom. The predicted octanol–water partition coefficient (Wildman–Crippen LogP) is 3.01. The fourth-order valence-corrected chi connectivity index (χ4v) is 2.71. The monoisotopic (exact) mass is 319 g/mol. The van der Waals surface area contributed by atoms with E-state index < -0.39 is 0 Å². The number of hydrogen-bond donors (Lipinski definition) is 3. The minimum absolute atomic E-state index is 0.623. The van der Waals surface area contributed by atoms with E-state index in [1.807, 2.05) is 31.7 Å². The lowest BCUT2D eigenvalue weighted by atomic mass is 10.1. The fraction of sp³-hybridized carbons (Fsp3) is 0.176. The molecule has 4 rings (SSSR count). The van der Waals surface area contributed by atoms with E-state index >= 15 is 0 Å². The number of pyridine rings is 1. The highest BCUT2D eigenvalue weighted by Gasteiger charge is 2.12. The van der Waals surface area contributed by atoms with Crippen molar-refractivity contribution in [1.82, 2.24) is 30.1 Å². The topological polar surface area (TPSA) is 95.2 Å². The van der Waals surface area contributed by atoms with Gasteiger partial charge in [0.2, 0.25) is 5.95 Å². The van der Waals surface area contributed by atoms with Gasteiger partial charge in [-0.15, -0.1) is 0 Å². The molecule has 0 aliphatic rings. The number of rotatable bonds is 4. The van der Waals surface area contributed by atoms with Crippen LogP contribution < -0.4 is 5.32 Å². The van der Waals surface area contributed by atoms with Crippen molar-refractivity contribution in [1.29, 1.82) is 0 Å². The number of aryl methyl sites for hydroxylation is 1. The second-order valence-electron chi connectivity index (χ2n) is 5.48. The van der Waals surface area contributed by atoms with Crippen molar-refractivity contribution in [2.75, 3.05) is 12.4 Å². The van der Waals surface area contributed by atoms with E-state index in [0.29, 0.717) is 5.95 Å². The molecule has 0 fully saturated rings. The molecule has 0 radical (unpaired) electrons. The summed E-state index contributed by atoms with van der Waals surface area (Å²) in [6.45, 7) is 2.08. The van der Waals surface area contributed by atoms with Crippen molar-refractivity contribution < 1.29 is 0 Å². The van der Waals surface area contributed by atoms with Gasteiger partial charge < -0.3 is 10.3 Å². The van der Waals surface area contributed by atoms with Crippen molar-refractivity contribution >= 4 is 17.0 Å². The molecule has 0 aliphatic heterocycles. The number of aromatic nitrogens is 6. The van der Waals surface area contributed by atoms with E-state index in [4.69, 9.17) is 0 Å². The van der Waals surface area contributed by atoms with Gasteiger partial charge in [-0.25, -0.2) is 15.0 Å². The number of nitrogens with zero attached hydrogens (tertiary/aromatic N) is 4. The number of H-pyrrole nitrogens is 2. The van der Waals surface area contributed by atoms with Crippen LogP contribution in [-0.2, 0) is 6.42 Å². The Bertz CT molecular complexity index is 963. The van der Waals surface area contributed by atoms with Crippen LogP contribution in [0.3, 0.4) is 0 Å². The molecule has 0 aromatic carbocycles. The average molecular weight is 319 g/mol. The van der Waals surface area contributed by atoms with Gasteiger partial charge in [0.1, 0.15) is 5.65 Å². The Balaban J connectivity index is 1.89. The lowest BCUT2D eigenvalue weighted by Gasteiger charge is -2.06. The largest absolute Gasteiger partial charge is 0.357 e. The number of anilines is 1. The normalized spacial score (nSPS) is 11.1. The van der Waals surface area contributed by atoms with Crippen LogP contribution in [0.25, 0.3) is 33.4 Å². The first-order valence-electron chi connectivity index (χ1n) is 7.81. The minimum atomic E-state index is 0.623. The van der Waals surface area contributed by atoms with Gasteiger partial charge in [-0.3, -0.25) is 5.10 Å². The fourth-order valence-electron chi connectivity index (χ4n) is 2.71. The van der Waals surface area contributed by atoms with Crippen LogP contribution in [0.1, 0.15) is 12.6 Å². The number of aromatic amines is 2. The van der Waals surface area contributed by atoms with E-state index in [-0.39, 0.29) is 0 Å². The summed E-state index contributed by atoms with van der Waals surface area (Å²) in [7, 11) is 1.83. The molecule has 0 atom stereocenters. The molecule has 120 valence electrons. The van der Waals surface area contributed by atoms with Gasteiger partial charge in [-0.2, -0.15) is 5.10 Å². The lowest BCUT2D eigenvalue weighted by molar-refractivity contribution is 1.00. The molecule has 0 saturated heterocycles. The molecule has 4 aromatic rings. The summed E-state index contributed by atoms with van der Waals surface area (Å²) in [5, 5.41) is 10.9. The Morgan fingerprint density at radius 2 is 2.00 bits per heavy atom. The van der Waals surface area contributed by atoms with Crippen LogP contribution in [0.15, 0.2) is 36.9 Å². The molecular formula is C17H17N7. The van der Waals surface area contributed by atoms with Crippen molar-refractivity contribution in [3.8, 4) is 22.4 Å². The van der Waals surface area contributed by atoms with Crippen LogP contribution >= 0.6 is 0 Å². The summed E-state index contributed by atoms with van der Waals surface area (Å²) >= 11 is 0. The Hall–Kier alpha value is -3.22. The zero-order chi connectivity index (χ0) is 16.5. The molecule has 7 heteroatoms. The van der Waals surface area contributed by atoms with Crippen molar-refractivity contribution in [2.45, 2.75) is 13.3 Å². The molecule has 4 aromatic heterocycles. The summed E-state index contributed by atoms with van der Waals surface area (Å²) < 4.78 is 0. The van der Waals surface area contributed by atoms with Gasteiger partial charge in [0.05, 0.1) is 11.9 Å². The smallest absolute Gasteiger partial charge is 0.223 e. The summed E-state index contributed by atoms with van der Waals surface area (Å²) in [5.41, 5.74) is 5.73. The predicted molar refractivity (Wildman–Crippen MR) is 93.6 cm³/mol. The van der Waals surface area contributed by atoms with Gasteiger partial charge in [0.25, 0.3) is 0 Å². The highest BCUT2D eigenvalue weighted by molar-refractivity contribution is 5.95.